The summed E-state index contributed by atoms with van der Waals surface area (Å²) in [6.07, 6.45) is 1.08. The molecule has 1 amide bonds. The highest BCUT2D eigenvalue weighted by molar-refractivity contribution is 7.89. The number of hydrogen-bond acceptors (Lipinski definition) is 4. The van der Waals surface area contributed by atoms with Crippen LogP contribution in [0.2, 0.25) is 0 Å². The lowest BCUT2D eigenvalue weighted by molar-refractivity contribution is -0.137. The van der Waals surface area contributed by atoms with E-state index in [4.69, 9.17) is 5.11 Å². The molecule has 0 aliphatic heterocycles. The first-order valence-corrected chi connectivity index (χ1v) is 9.18. The SMILES string of the molecule is CC(C)N(C)S(=O)(=O)c1cccc(C(=O)NCCCCC(=O)O)c1. The lowest BCUT2D eigenvalue weighted by atomic mass is 10.2. The highest BCUT2D eigenvalue weighted by Crippen LogP contribution is 2.17. The second-order valence-electron chi connectivity index (χ2n) is 5.75. The van der Waals surface area contributed by atoms with Crippen molar-refractivity contribution in [2.45, 2.75) is 44.0 Å². The maximum Gasteiger partial charge on any atom is 0.303 e. The molecule has 7 nitrogen and oxygen atoms in total. The van der Waals surface area contributed by atoms with Gasteiger partial charge in [0, 0.05) is 31.6 Å². The molecule has 0 heterocycles. The van der Waals surface area contributed by atoms with Gasteiger partial charge in [-0.3, -0.25) is 9.59 Å². The number of carboxylic acid groups (broad SMARTS) is 1. The third-order valence-corrected chi connectivity index (χ3v) is 5.63. The van der Waals surface area contributed by atoms with E-state index >= 15 is 0 Å². The van der Waals surface area contributed by atoms with Crippen molar-refractivity contribution in [1.82, 2.24) is 9.62 Å². The molecule has 0 saturated carbocycles. The average Bonchev–Trinajstić information content (AvgIpc) is 2.53. The minimum Gasteiger partial charge on any atom is -0.481 e. The van der Waals surface area contributed by atoms with Gasteiger partial charge in [0.1, 0.15) is 0 Å². The fourth-order valence-corrected chi connectivity index (χ4v) is 3.36. The van der Waals surface area contributed by atoms with Gasteiger partial charge in [-0.15, -0.1) is 0 Å². The first kappa shape index (κ1) is 20.1. The van der Waals surface area contributed by atoms with Gasteiger partial charge in [-0.25, -0.2) is 8.42 Å². The predicted molar refractivity (Wildman–Crippen MR) is 90.3 cm³/mol. The highest BCUT2D eigenvalue weighted by Gasteiger charge is 2.23. The normalized spacial score (nSPS) is 11.7. The number of amides is 1. The molecule has 0 aliphatic carbocycles. The maximum absolute atomic E-state index is 12.5. The van der Waals surface area contributed by atoms with Gasteiger partial charge in [-0.1, -0.05) is 6.07 Å². The zero-order valence-corrected chi connectivity index (χ0v) is 15.0. The van der Waals surface area contributed by atoms with Gasteiger partial charge in [0.05, 0.1) is 4.90 Å². The zero-order valence-electron chi connectivity index (χ0n) is 14.2. The molecule has 134 valence electrons. The zero-order chi connectivity index (χ0) is 18.3. The summed E-state index contributed by atoms with van der Waals surface area (Å²) in [5.41, 5.74) is 0.256. The van der Waals surface area contributed by atoms with Crippen LogP contribution in [0.25, 0.3) is 0 Å². The summed E-state index contributed by atoms with van der Waals surface area (Å²) < 4.78 is 26.1. The predicted octanol–water partition coefficient (Wildman–Crippen LogP) is 1.70. The fourth-order valence-electron chi connectivity index (χ4n) is 1.95. The van der Waals surface area contributed by atoms with E-state index in [-0.39, 0.29) is 28.8 Å². The Morgan fingerprint density at radius 2 is 1.92 bits per heavy atom. The summed E-state index contributed by atoms with van der Waals surface area (Å²) in [7, 11) is -2.15. The van der Waals surface area contributed by atoms with Gasteiger partial charge in [0.2, 0.25) is 10.0 Å². The fraction of sp³-hybridized carbons (Fsp3) is 0.500. The summed E-state index contributed by atoms with van der Waals surface area (Å²) in [6.45, 7) is 3.88. The van der Waals surface area contributed by atoms with E-state index in [2.05, 4.69) is 5.32 Å². The van der Waals surface area contributed by atoms with Gasteiger partial charge < -0.3 is 10.4 Å². The molecule has 24 heavy (non-hydrogen) atoms. The van der Waals surface area contributed by atoms with Gasteiger partial charge in [0.25, 0.3) is 5.91 Å². The number of carboxylic acids is 1. The summed E-state index contributed by atoms with van der Waals surface area (Å²) in [4.78, 5) is 22.6. The molecular weight excluding hydrogens is 332 g/mol. The summed E-state index contributed by atoms with van der Waals surface area (Å²) in [5, 5.41) is 11.2. The molecule has 2 N–H and O–H groups in total. The lowest BCUT2D eigenvalue weighted by Gasteiger charge is -2.21. The number of rotatable bonds is 9. The summed E-state index contributed by atoms with van der Waals surface area (Å²) >= 11 is 0. The van der Waals surface area contributed by atoms with E-state index < -0.39 is 16.0 Å². The van der Waals surface area contributed by atoms with E-state index in [1.165, 1.54) is 29.6 Å². The van der Waals surface area contributed by atoms with Crippen molar-refractivity contribution in [2.75, 3.05) is 13.6 Å². The average molecular weight is 356 g/mol. The third-order valence-electron chi connectivity index (χ3n) is 3.60. The van der Waals surface area contributed by atoms with Crippen LogP contribution in [0, 0.1) is 0 Å². The van der Waals surface area contributed by atoms with Crippen LogP contribution >= 0.6 is 0 Å². The number of nitrogens with one attached hydrogen (secondary N) is 1. The van der Waals surface area contributed by atoms with Gasteiger partial charge in [-0.2, -0.15) is 4.31 Å². The number of benzene rings is 1. The van der Waals surface area contributed by atoms with Gasteiger partial charge in [-0.05, 0) is 44.9 Å². The monoisotopic (exact) mass is 356 g/mol. The smallest absolute Gasteiger partial charge is 0.303 e. The largest absolute Gasteiger partial charge is 0.481 e. The van der Waals surface area contributed by atoms with Crippen molar-refractivity contribution >= 4 is 21.9 Å². The number of carbonyl (C=O) groups excluding carboxylic acids is 1. The van der Waals surface area contributed by atoms with Gasteiger partial charge in [0.15, 0.2) is 0 Å². The van der Waals surface area contributed by atoms with Crippen molar-refractivity contribution in [3.8, 4) is 0 Å². The van der Waals surface area contributed by atoms with Crippen molar-refractivity contribution in [3.05, 3.63) is 29.8 Å². The number of nitrogens with zero attached hydrogens (tertiary/aromatic N) is 1. The highest BCUT2D eigenvalue weighted by atomic mass is 32.2. The molecule has 0 fully saturated rings. The van der Waals surface area contributed by atoms with Crippen LogP contribution in [0.5, 0.6) is 0 Å². The molecule has 0 saturated heterocycles. The standard InChI is InChI=1S/C16H24N2O5S/c1-12(2)18(3)24(22,23)14-8-6-7-13(11-14)16(21)17-10-5-4-9-15(19)20/h6-8,11-12H,4-5,9-10H2,1-3H3,(H,17,21)(H,19,20). The molecular formula is C16H24N2O5S. The summed E-state index contributed by atoms with van der Waals surface area (Å²) in [5.74, 6) is -1.25. The van der Waals surface area contributed by atoms with Crippen LogP contribution < -0.4 is 5.32 Å². The number of sulfonamides is 1. The molecule has 1 aromatic rings. The van der Waals surface area contributed by atoms with Crippen molar-refractivity contribution in [1.29, 1.82) is 0 Å². The van der Waals surface area contributed by atoms with Crippen LogP contribution in [-0.4, -0.2) is 49.3 Å². The van der Waals surface area contributed by atoms with Crippen molar-refractivity contribution < 1.29 is 23.1 Å². The molecule has 8 heteroatoms. The molecule has 0 aromatic heterocycles. The second kappa shape index (κ2) is 8.79. The molecule has 0 aliphatic rings. The van der Waals surface area contributed by atoms with E-state index in [1.54, 1.807) is 19.9 Å². The van der Waals surface area contributed by atoms with Crippen LogP contribution in [-0.2, 0) is 14.8 Å². The third kappa shape index (κ3) is 5.61. The molecule has 0 radical (unpaired) electrons. The Balaban J connectivity index is 2.74. The van der Waals surface area contributed by atoms with Crippen LogP contribution in [0.1, 0.15) is 43.5 Å². The molecule has 1 aromatic carbocycles. The number of aliphatic carboxylic acids is 1. The molecule has 0 bridgehead atoms. The van der Waals surface area contributed by atoms with Crippen LogP contribution in [0.3, 0.4) is 0 Å². The topological polar surface area (TPSA) is 104 Å². The Kier molecular flexibility index (Phi) is 7.37. The van der Waals surface area contributed by atoms with E-state index in [9.17, 15) is 18.0 Å². The van der Waals surface area contributed by atoms with E-state index in [0.29, 0.717) is 19.4 Å². The van der Waals surface area contributed by atoms with E-state index in [0.717, 1.165) is 0 Å². The van der Waals surface area contributed by atoms with Crippen molar-refractivity contribution in [3.63, 3.8) is 0 Å². The Morgan fingerprint density at radius 3 is 2.50 bits per heavy atom. The Hall–Kier alpha value is -1.93. The molecule has 1 rings (SSSR count). The van der Waals surface area contributed by atoms with Crippen LogP contribution in [0.4, 0.5) is 0 Å². The number of carbonyl (C=O) groups is 2. The lowest BCUT2D eigenvalue weighted by Crippen LogP contribution is -2.33. The number of hydrogen-bond donors (Lipinski definition) is 2. The quantitative estimate of drug-likeness (QED) is 0.656. The van der Waals surface area contributed by atoms with E-state index in [1.807, 2.05) is 0 Å². The van der Waals surface area contributed by atoms with Crippen LogP contribution in [0.15, 0.2) is 29.2 Å². The minimum absolute atomic E-state index is 0.0607. The number of unbranched alkanes of at least 4 members (excludes halogenated alkanes) is 1. The molecule has 0 atom stereocenters. The van der Waals surface area contributed by atoms with Gasteiger partial charge >= 0.3 is 5.97 Å². The Labute approximate surface area is 142 Å². The first-order chi connectivity index (χ1) is 11.2. The Morgan fingerprint density at radius 1 is 1.25 bits per heavy atom. The molecule has 0 unspecified atom stereocenters. The Bertz CT molecular complexity index is 685. The summed E-state index contributed by atoms with van der Waals surface area (Å²) in [6, 6.07) is 5.68. The molecule has 0 spiro atoms. The van der Waals surface area contributed by atoms with Crippen molar-refractivity contribution in [2.24, 2.45) is 0 Å². The second-order valence-corrected chi connectivity index (χ2v) is 7.75. The first-order valence-electron chi connectivity index (χ1n) is 7.74. The maximum atomic E-state index is 12.5. The minimum atomic E-state index is -3.64.